The number of hydrogen-bond donors (Lipinski definition) is 1. The second kappa shape index (κ2) is 2.55. The van der Waals surface area contributed by atoms with Gasteiger partial charge in [0.25, 0.3) is 0 Å². The normalized spacial score (nSPS) is 29.5. The molecule has 1 N–H and O–H groups in total. The Labute approximate surface area is 71.4 Å². The van der Waals surface area contributed by atoms with Gasteiger partial charge in [-0.3, -0.25) is 0 Å². The number of nitrogens with zero attached hydrogens (tertiary/aromatic N) is 2. The summed E-state index contributed by atoms with van der Waals surface area (Å²) in [6, 6.07) is 0. The molecule has 0 aromatic carbocycles. The van der Waals surface area contributed by atoms with E-state index in [9.17, 15) is 0 Å². The molecule has 0 aliphatic carbocycles. The van der Waals surface area contributed by atoms with Crippen molar-refractivity contribution < 1.29 is 4.42 Å². The Morgan fingerprint density at radius 3 is 2.83 bits per heavy atom. The van der Waals surface area contributed by atoms with Gasteiger partial charge in [0.1, 0.15) is 0 Å². The molecule has 2 rings (SSSR count). The first-order valence-corrected chi connectivity index (χ1v) is 4.26. The van der Waals surface area contributed by atoms with Crippen LogP contribution in [0.15, 0.2) is 4.42 Å². The Morgan fingerprint density at radius 1 is 1.50 bits per heavy atom. The van der Waals surface area contributed by atoms with E-state index < -0.39 is 0 Å². The average Bonchev–Trinajstić information content (AvgIpc) is 2.59. The second-order valence-corrected chi connectivity index (χ2v) is 3.49. The molecule has 0 saturated carbocycles. The van der Waals surface area contributed by atoms with Gasteiger partial charge in [-0.05, 0) is 26.3 Å². The lowest BCUT2D eigenvalue weighted by molar-refractivity contribution is 0.313. The highest BCUT2D eigenvalue weighted by atomic mass is 16.4. The zero-order valence-electron chi connectivity index (χ0n) is 7.42. The lowest BCUT2D eigenvalue weighted by Gasteiger charge is -2.18. The monoisotopic (exact) mass is 167 g/mol. The maximum absolute atomic E-state index is 5.39. The molecule has 12 heavy (non-hydrogen) atoms. The molecule has 1 fully saturated rings. The van der Waals surface area contributed by atoms with Crippen LogP contribution in [0.2, 0.25) is 0 Å². The van der Waals surface area contributed by atoms with E-state index in [0.29, 0.717) is 5.89 Å². The molecule has 4 heteroatoms. The Bertz CT molecular complexity index is 276. The van der Waals surface area contributed by atoms with Gasteiger partial charge in [-0.15, -0.1) is 10.2 Å². The lowest BCUT2D eigenvalue weighted by Crippen LogP contribution is -2.33. The number of aryl methyl sites for hydroxylation is 1. The Balaban J connectivity index is 2.28. The van der Waals surface area contributed by atoms with E-state index in [2.05, 4.69) is 22.4 Å². The average molecular weight is 167 g/mol. The predicted octanol–water partition coefficient (Wildman–Crippen LogP) is 0.977. The number of nitrogens with one attached hydrogen (secondary N) is 1. The Morgan fingerprint density at radius 2 is 2.33 bits per heavy atom. The van der Waals surface area contributed by atoms with E-state index in [1.165, 1.54) is 6.42 Å². The minimum absolute atomic E-state index is 0.0821. The van der Waals surface area contributed by atoms with Crippen LogP contribution in [0.5, 0.6) is 0 Å². The van der Waals surface area contributed by atoms with Crippen molar-refractivity contribution in [2.24, 2.45) is 0 Å². The summed E-state index contributed by atoms with van der Waals surface area (Å²) in [5.74, 6) is 1.36. The van der Waals surface area contributed by atoms with E-state index in [-0.39, 0.29) is 5.54 Å². The van der Waals surface area contributed by atoms with Crippen LogP contribution < -0.4 is 5.32 Å². The van der Waals surface area contributed by atoms with Crippen LogP contribution >= 0.6 is 0 Å². The Kier molecular flexibility index (Phi) is 1.65. The van der Waals surface area contributed by atoms with Crippen molar-refractivity contribution in [3.05, 3.63) is 11.8 Å². The zero-order valence-corrected chi connectivity index (χ0v) is 7.42. The van der Waals surface area contributed by atoms with Crippen LogP contribution in [-0.4, -0.2) is 16.7 Å². The first-order valence-electron chi connectivity index (χ1n) is 4.26. The highest BCUT2D eigenvalue weighted by Crippen LogP contribution is 2.28. The molecule has 2 heterocycles. The summed E-state index contributed by atoms with van der Waals surface area (Å²) in [5.41, 5.74) is -0.0821. The van der Waals surface area contributed by atoms with Crippen LogP contribution in [0.1, 0.15) is 31.5 Å². The van der Waals surface area contributed by atoms with Gasteiger partial charge in [-0.25, -0.2) is 0 Å². The van der Waals surface area contributed by atoms with E-state index in [1.54, 1.807) is 0 Å². The van der Waals surface area contributed by atoms with Gasteiger partial charge < -0.3 is 9.73 Å². The molecule has 1 aromatic heterocycles. The van der Waals surface area contributed by atoms with Crippen LogP contribution in [0.25, 0.3) is 0 Å². The quantitative estimate of drug-likeness (QED) is 0.677. The van der Waals surface area contributed by atoms with E-state index in [1.807, 2.05) is 6.92 Å². The molecule has 0 bridgehead atoms. The zero-order chi connectivity index (χ0) is 8.60. The molecular formula is C8H13N3O. The first kappa shape index (κ1) is 7.73. The van der Waals surface area contributed by atoms with Gasteiger partial charge in [0, 0.05) is 6.92 Å². The molecular weight excluding hydrogens is 154 g/mol. The molecule has 1 atom stereocenters. The third-order valence-corrected chi connectivity index (χ3v) is 2.37. The summed E-state index contributed by atoms with van der Waals surface area (Å²) in [7, 11) is 0. The number of hydrogen-bond acceptors (Lipinski definition) is 4. The molecule has 1 aliphatic rings. The lowest BCUT2D eigenvalue weighted by atomic mass is 10.0. The van der Waals surface area contributed by atoms with Crippen LogP contribution in [-0.2, 0) is 5.54 Å². The van der Waals surface area contributed by atoms with Crippen molar-refractivity contribution in [1.82, 2.24) is 15.5 Å². The fourth-order valence-electron chi connectivity index (χ4n) is 1.60. The standard InChI is InChI=1S/C8H13N3O/c1-6-10-11-7(12-6)8(2)4-3-5-9-8/h9H,3-5H2,1-2H3. The number of aromatic nitrogens is 2. The van der Waals surface area contributed by atoms with Gasteiger partial charge in [-0.1, -0.05) is 0 Å². The summed E-state index contributed by atoms with van der Waals surface area (Å²) in [5, 5.41) is 11.2. The Hall–Kier alpha value is -0.900. The molecule has 0 spiro atoms. The van der Waals surface area contributed by atoms with Crippen molar-refractivity contribution in [1.29, 1.82) is 0 Å². The summed E-state index contributed by atoms with van der Waals surface area (Å²) < 4.78 is 5.39. The van der Waals surface area contributed by atoms with Gasteiger partial charge in [0.2, 0.25) is 11.8 Å². The largest absolute Gasteiger partial charge is 0.424 e. The summed E-state index contributed by atoms with van der Waals surface area (Å²) in [6.45, 7) is 4.96. The maximum atomic E-state index is 5.39. The molecule has 1 unspecified atom stereocenters. The van der Waals surface area contributed by atoms with Gasteiger partial charge >= 0.3 is 0 Å². The minimum Gasteiger partial charge on any atom is -0.424 e. The third kappa shape index (κ3) is 1.12. The SMILES string of the molecule is Cc1nnc(C2(C)CCCN2)o1. The topological polar surface area (TPSA) is 51.0 Å². The summed E-state index contributed by atoms with van der Waals surface area (Å²) in [6.07, 6.45) is 2.26. The fourth-order valence-corrected chi connectivity index (χ4v) is 1.60. The molecule has 0 amide bonds. The smallest absolute Gasteiger partial charge is 0.236 e. The second-order valence-electron chi connectivity index (χ2n) is 3.49. The molecule has 1 saturated heterocycles. The van der Waals surface area contributed by atoms with Crippen molar-refractivity contribution in [3.8, 4) is 0 Å². The van der Waals surface area contributed by atoms with E-state index in [0.717, 1.165) is 18.9 Å². The highest BCUT2D eigenvalue weighted by molar-refractivity contribution is 5.02. The van der Waals surface area contributed by atoms with Crippen molar-refractivity contribution >= 4 is 0 Å². The van der Waals surface area contributed by atoms with E-state index in [4.69, 9.17) is 4.42 Å². The fraction of sp³-hybridized carbons (Fsp3) is 0.750. The van der Waals surface area contributed by atoms with Gasteiger partial charge in [0.05, 0.1) is 5.54 Å². The maximum Gasteiger partial charge on any atom is 0.236 e. The molecule has 1 aromatic rings. The summed E-state index contributed by atoms with van der Waals surface area (Å²) in [4.78, 5) is 0. The van der Waals surface area contributed by atoms with Crippen LogP contribution in [0, 0.1) is 6.92 Å². The van der Waals surface area contributed by atoms with E-state index >= 15 is 0 Å². The first-order chi connectivity index (χ1) is 5.71. The van der Waals surface area contributed by atoms with Gasteiger partial charge in [-0.2, -0.15) is 0 Å². The molecule has 4 nitrogen and oxygen atoms in total. The summed E-state index contributed by atoms with van der Waals surface area (Å²) >= 11 is 0. The van der Waals surface area contributed by atoms with Crippen molar-refractivity contribution in [2.45, 2.75) is 32.2 Å². The molecule has 0 radical (unpaired) electrons. The minimum atomic E-state index is -0.0821. The highest BCUT2D eigenvalue weighted by Gasteiger charge is 2.34. The third-order valence-electron chi connectivity index (χ3n) is 2.37. The van der Waals surface area contributed by atoms with Crippen molar-refractivity contribution in [2.75, 3.05) is 6.54 Å². The number of rotatable bonds is 1. The molecule has 66 valence electrons. The van der Waals surface area contributed by atoms with Crippen LogP contribution in [0.4, 0.5) is 0 Å². The van der Waals surface area contributed by atoms with Crippen LogP contribution in [0.3, 0.4) is 0 Å². The van der Waals surface area contributed by atoms with Crippen molar-refractivity contribution in [3.63, 3.8) is 0 Å². The molecule has 1 aliphatic heterocycles. The van der Waals surface area contributed by atoms with Gasteiger partial charge in [0.15, 0.2) is 0 Å². The predicted molar refractivity (Wildman–Crippen MR) is 43.6 cm³/mol.